The minimum Gasteiger partial charge on any atom is -0.431 e. The number of nitrogens with zero attached hydrogens (tertiary/aromatic N) is 15. The zero-order chi connectivity index (χ0) is 70.9. The summed E-state index contributed by atoms with van der Waals surface area (Å²) >= 11 is 0. The number of pyridine rings is 3. The third kappa shape index (κ3) is 13.7. The molecule has 15 atom stereocenters. The quantitative estimate of drug-likeness (QED) is 0.0770. The van der Waals surface area contributed by atoms with Crippen LogP contribution in [0.15, 0.2) is 55.0 Å². The lowest BCUT2D eigenvalue weighted by Gasteiger charge is -2.41. The fourth-order valence-corrected chi connectivity index (χ4v) is 20.7. The first kappa shape index (κ1) is 69.7. The van der Waals surface area contributed by atoms with Crippen LogP contribution in [0, 0.1) is 35.5 Å². The van der Waals surface area contributed by atoms with Crippen molar-refractivity contribution in [2.24, 2.45) is 35.5 Å². The summed E-state index contributed by atoms with van der Waals surface area (Å²) in [5.41, 5.74) is 23.4. The van der Waals surface area contributed by atoms with Gasteiger partial charge < -0.3 is 26.7 Å². The molecular weight excluding hydrogens is 1320 g/mol. The van der Waals surface area contributed by atoms with E-state index in [1.807, 2.05) is 10.7 Å². The second-order valence-electron chi connectivity index (χ2n) is 32.5. The SMILES string of the molecule is CC(C)n1nc(-c2cnc(N)c(C(F)(F)F)c2)cc1C1[C@H]2CC(N3CCN4CCCC4C3)C[C@@H]12.CC(C)n1nc(-c2cnc(N)c(OC(F)F)c2)cc1C1[C@H]2CC(N3CCN4CCCC4C3)C[C@@H]12.CC(C)n1nc(-c2cnc(N)c(OC(F)F)c2)cc1C1[C@H]2CC(N3CCN4CCCC4C3)C[C@@H]12. The van der Waals surface area contributed by atoms with Gasteiger partial charge in [-0.15, -0.1) is 0 Å². The molecule has 6 saturated heterocycles. The van der Waals surface area contributed by atoms with E-state index in [4.69, 9.17) is 32.5 Å². The Morgan fingerprint density at radius 1 is 0.392 bits per heavy atom. The number of halogens is 7. The Kier molecular flexibility index (Phi) is 18.9. The summed E-state index contributed by atoms with van der Waals surface area (Å²) < 4.78 is 106. The molecule has 6 aliphatic carbocycles. The van der Waals surface area contributed by atoms with E-state index in [0.29, 0.717) is 58.0 Å². The van der Waals surface area contributed by atoms with E-state index in [2.05, 4.69) is 117 Å². The molecule has 27 heteroatoms. The highest BCUT2D eigenvalue weighted by molar-refractivity contribution is 5.67. The summed E-state index contributed by atoms with van der Waals surface area (Å²) in [6, 6.07) is 15.3. The first-order valence-electron chi connectivity index (χ1n) is 37.9. The zero-order valence-electron chi connectivity index (χ0n) is 59.6. The van der Waals surface area contributed by atoms with Crippen LogP contribution in [0.25, 0.3) is 33.8 Å². The van der Waals surface area contributed by atoms with Crippen molar-refractivity contribution in [1.82, 2.24) is 73.7 Å². The molecule has 102 heavy (non-hydrogen) atoms. The van der Waals surface area contributed by atoms with Crippen molar-refractivity contribution in [3.05, 3.63) is 77.6 Å². The van der Waals surface area contributed by atoms with Gasteiger partial charge in [-0.1, -0.05) is 0 Å². The van der Waals surface area contributed by atoms with Crippen molar-refractivity contribution in [3.63, 3.8) is 0 Å². The first-order valence-corrected chi connectivity index (χ1v) is 37.9. The van der Waals surface area contributed by atoms with Gasteiger partial charge in [0.25, 0.3) is 0 Å². The Balaban J connectivity index is 0.000000118. The van der Waals surface area contributed by atoms with Crippen LogP contribution >= 0.6 is 0 Å². The van der Waals surface area contributed by atoms with Crippen LogP contribution in [0.3, 0.4) is 0 Å². The lowest BCUT2D eigenvalue weighted by atomic mass is 10.0. The summed E-state index contributed by atoms with van der Waals surface area (Å²) in [5.74, 6) is 4.90. The van der Waals surface area contributed by atoms with Gasteiger partial charge in [-0.05, 0) is 210 Å². The summed E-state index contributed by atoms with van der Waals surface area (Å²) in [4.78, 5) is 28.2. The number of rotatable bonds is 16. The molecule has 12 heterocycles. The van der Waals surface area contributed by atoms with E-state index in [9.17, 15) is 30.7 Å². The van der Waals surface area contributed by atoms with E-state index in [1.54, 1.807) is 12.4 Å². The molecule has 9 unspecified atom stereocenters. The van der Waals surface area contributed by atoms with Gasteiger partial charge in [-0.25, -0.2) is 15.0 Å². The molecule has 0 amide bonds. The molecule has 18 rings (SSSR count). The van der Waals surface area contributed by atoms with Crippen molar-refractivity contribution in [1.29, 1.82) is 0 Å². The monoisotopic (exact) mass is 1420 g/mol. The Morgan fingerprint density at radius 3 is 0.980 bits per heavy atom. The van der Waals surface area contributed by atoms with Gasteiger partial charge in [0.2, 0.25) is 0 Å². The molecule has 0 spiro atoms. The number of hydrogen-bond donors (Lipinski definition) is 3. The second kappa shape index (κ2) is 27.7. The first-order chi connectivity index (χ1) is 49.0. The molecule has 20 nitrogen and oxygen atoms in total. The lowest BCUT2D eigenvalue weighted by molar-refractivity contribution is -0.137. The fourth-order valence-electron chi connectivity index (χ4n) is 20.7. The molecule has 6 N–H and O–H groups in total. The smallest absolute Gasteiger partial charge is 0.419 e. The highest BCUT2D eigenvalue weighted by atomic mass is 19.4. The molecule has 0 bridgehead atoms. The summed E-state index contributed by atoms with van der Waals surface area (Å²) in [6.07, 6.45) is 15.7. The molecule has 12 fully saturated rings. The number of anilines is 3. The van der Waals surface area contributed by atoms with E-state index in [-0.39, 0.29) is 41.3 Å². The topological polar surface area (TPSA) is 208 Å². The Labute approximate surface area is 593 Å². The van der Waals surface area contributed by atoms with Gasteiger partial charge >= 0.3 is 19.4 Å². The second-order valence-corrected chi connectivity index (χ2v) is 32.5. The van der Waals surface area contributed by atoms with Crippen LogP contribution in [-0.2, 0) is 6.18 Å². The van der Waals surface area contributed by atoms with Gasteiger partial charge in [0, 0.05) is 183 Å². The van der Waals surface area contributed by atoms with Crippen molar-refractivity contribution >= 4 is 17.5 Å². The molecular formula is C75H101F7N18O2. The minimum absolute atomic E-state index is 0.0474. The predicted octanol–water partition coefficient (Wildman–Crippen LogP) is 12.4. The number of piperazine rings is 3. The van der Waals surface area contributed by atoms with E-state index >= 15 is 0 Å². The zero-order valence-corrected chi connectivity index (χ0v) is 59.6. The van der Waals surface area contributed by atoms with Crippen LogP contribution in [0.4, 0.5) is 48.2 Å². The van der Waals surface area contributed by atoms with Crippen LogP contribution in [0.1, 0.15) is 177 Å². The average Bonchev–Trinajstić information content (AvgIpc) is 1.57. The van der Waals surface area contributed by atoms with Gasteiger partial charge in [0.05, 0.1) is 22.6 Å². The minimum atomic E-state index is -4.54. The highest BCUT2D eigenvalue weighted by Gasteiger charge is 2.62. The molecule has 6 aromatic rings. The predicted molar refractivity (Wildman–Crippen MR) is 376 cm³/mol. The number of fused-ring (bicyclic) bond motifs is 6. The van der Waals surface area contributed by atoms with Crippen LogP contribution in [0.2, 0.25) is 0 Å². The number of aromatic nitrogens is 9. The van der Waals surface area contributed by atoms with Crippen LogP contribution in [0.5, 0.6) is 11.5 Å². The largest absolute Gasteiger partial charge is 0.431 e. The van der Waals surface area contributed by atoms with Crippen molar-refractivity contribution in [2.45, 2.75) is 210 Å². The molecule has 6 saturated carbocycles. The van der Waals surface area contributed by atoms with Gasteiger partial charge in [-0.2, -0.15) is 46.0 Å². The van der Waals surface area contributed by atoms with E-state index < -0.39 is 30.8 Å². The maximum absolute atomic E-state index is 13.4. The molecule has 552 valence electrons. The fraction of sp³-hybridized carbons (Fsp3) is 0.680. The van der Waals surface area contributed by atoms with Gasteiger partial charge in [-0.3, -0.25) is 43.4 Å². The summed E-state index contributed by atoms with van der Waals surface area (Å²) in [7, 11) is 0. The van der Waals surface area contributed by atoms with Gasteiger partial charge in [0.15, 0.2) is 23.1 Å². The Hall–Kier alpha value is -6.65. The molecule has 0 aromatic carbocycles. The number of nitrogens with two attached hydrogens (primary N) is 3. The van der Waals surface area contributed by atoms with Crippen molar-refractivity contribution < 1.29 is 40.2 Å². The van der Waals surface area contributed by atoms with Crippen molar-refractivity contribution in [2.75, 3.05) is 95.7 Å². The van der Waals surface area contributed by atoms with E-state index in [1.165, 1.54) is 185 Å². The number of hydrogen-bond acceptors (Lipinski definition) is 17. The molecule has 0 radical (unpaired) electrons. The maximum Gasteiger partial charge on any atom is 0.419 e. The van der Waals surface area contributed by atoms with Crippen LogP contribution < -0.4 is 26.7 Å². The average molecular weight is 1420 g/mol. The van der Waals surface area contributed by atoms with Gasteiger partial charge in [0.1, 0.15) is 5.82 Å². The molecule has 6 aliphatic heterocycles. The maximum atomic E-state index is 13.4. The molecule has 12 aliphatic rings. The summed E-state index contributed by atoms with van der Waals surface area (Å²) in [5, 5.41) is 14.4. The molecule has 6 aromatic heterocycles. The number of nitrogen functional groups attached to an aromatic ring is 3. The Bertz CT molecular complexity index is 3790. The van der Waals surface area contributed by atoms with E-state index in [0.717, 1.165) is 77.0 Å². The highest BCUT2D eigenvalue weighted by Crippen LogP contribution is 2.67. The number of alkyl halides is 7. The Morgan fingerprint density at radius 2 is 0.686 bits per heavy atom. The number of ether oxygens (including phenoxy) is 2. The van der Waals surface area contributed by atoms with Crippen LogP contribution in [-0.4, -0.2) is 202 Å². The summed E-state index contributed by atoms with van der Waals surface area (Å²) in [6.45, 7) is 21.6. The van der Waals surface area contributed by atoms with Crippen molar-refractivity contribution in [3.8, 4) is 45.3 Å². The lowest BCUT2D eigenvalue weighted by Crippen LogP contribution is -2.53. The third-order valence-electron chi connectivity index (χ3n) is 25.8. The third-order valence-corrected chi connectivity index (χ3v) is 25.8. The normalized spacial score (nSPS) is 31.5. The standard InChI is InChI=1S/C25H33F3N6.2C25H34F2N6O/c1-14(2)34-22(11-21(31-34)15-8-20(25(26,27)28)24(29)30-12-15)23-18-9-17(10-19(18)23)33-7-6-32-5-3-4-16(32)13-33;2*1-14(2)33-21(11-20(30-33)15-8-22(34-25(26)27)24(28)29-12-15)23-18-9-17(10-19(18)23)32-7-6-31-5-3-4-16(31)13-32/h8,11-12,14,16-19,23H,3-7,9-10,13H2,1-2H3,(H2,29,30);2*8,11-12,14,16-19,23,25H,3-7,9-10,13H2,1-2H3,(H2,28,29)/t3*16?,17?,18-,19+,23?.